The van der Waals surface area contributed by atoms with E-state index in [1.54, 1.807) is 6.07 Å². The Balaban J connectivity index is 1.79. The van der Waals surface area contributed by atoms with Gasteiger partial charge in [-0.05, 0) is 24.1 Å². The van der Waals surface area contributed by atoms with Crippen molar-refractivity contribution in [1.82, 2.24) is 20.1 Å². The maximum Gasteiger partial charge on any atom is 0.150 e. The highest BCUT2D eigenvalue weighted by molar-refractivity contribution is 5.22. The molecule has 2 atom stereocenters. The summed E-state index contributed by atoms with van der Waals surface area (Å²) >= 11 is 0. The van der Waals surface area contributed by atoms with Gasteiger partial charge in [0.05, 0.1) is 12.6 Å². The quantitative estimate of drug-likeness (QED) is 0.901. The van der Waals surface area contributed by atoms with Gasteiger partial charge < -0.3 is 5.11 Å². The van der Waals surface area contributed by atoms with E-state index in [1.165, 1.54) is 12.1 Å². The lowest BCUT2D eigenvalue weighted by molar-refractivity contribution is 0.171. The largest absolute Gasteiger partial charge is 0.392 e. The molecule has 5 nitrogen and oxygen atoms in total. The molecule has 1 aliphatic rings. The van der Waals surface area contributed by atoms with Crippen LogP contribution >= 0.6 is 0 Å². The first kappa shape index (κ1) is 14.2. The zero-order chi connectivity index (χ0) is 14.8. The van der Waals surface area contributed by atoms with Gasteiger partial charge in [-0.2, -0.15) is 5.10 Å². The Labute approximate surface area is 122 Å². The van der Waals surface area contributed by atoms with Crippen molar-refractivity contribution in [2.75, 3.05) is 6.54 Å². The molecule has 6 heteroatoms. The van der Waals surface area contributed by atoms with E-state index in [9.17, 15) is 9.50 Å². The van der Waals surface area contributed by atoms with Crippen molar-refractivity contribution in [3.63, 3.8) is 0 Å². The molecular formula is C15H19FN4O. The maximum atomic E-state index is 13.4. The van der Waals surface area contributed by atoms with Gasteiger partial charge >= 0.3 is 0 Å². The van der Waals surface area contributed by atoms with Gasteiger partial charge in [-0.25, -0.2) is 9.37 Å². The van der Waals surface area contributed by atoms with Crippen LogP contribution in [0.2, 0.25) is 0 Å². The smallest absolute Gasteiger partial charge is 0.150 e. The van der Waals surface area contributed by atoms with Gasteiger partial charge in [-0.1, -0.05) is 19.1 Å². The van der Waals surface area contributed by atoms with E-state index in [2.05, 4.69) is 20.1 Å². The molecule has 1 aliphatic heterocycles. The molecule has 1 aromatic heterocycles. The molecule has 0 radical (unpaired) electrons. The summed E-state index contributed by atoms with van der Waals surface area (Å²) in [6.07, 6.45) is 0.997. The minimum Gasteiger partial charge on any atom is -0.392 e. The van der Waals surface area contributed by atoms with Gasteiger partial charge in [-0.3, -0.25) is 10.00 Å². The van der Waals surface area contributed by atoms with Crippen LogP contribution in [-0.2, 0) is 13.0 Å². The molecule has 0 amide bonds. The normalized spacial score (nSPS) is 22.8. The summed E-state index contributed by atoms with van der Waals surface area (Å²) in [6, 6.07) is 6.58. The molecule has 1 fully saturated rings. The number of halogens is 1. The molecule has 112 valence electrons. The van der Waals surface area contributed by atoms with Crippen LogP contribution in [0, 0.1) is 5.82 Å². The molecule has 0 bridgehead atoms. The fraction of sp³-hybridized carbons (Fsp3) is 0.467. The van der Waals surface area contributed by atoms with Crippen LogP contribution in [-0.4, -0.2) is 37.8 Å². The highest BCUT2D eigenvalue weighted by Gasteiger charge is 2.32. The van der Waals surface area contributed by atoms with E-state index < -0.39 is 6.10 Å². The van der Waals surface area contributed by atoms with Gasteiger partial charge in [0.2, 0.25) is 0 Å². The minimum atomic E-state index is -0.396. The van der Waals surface area contributed by atoms with Crippen molar-refractivity contribution in [2.24, 2.45) is 0 Å². The molecule has 21 heavy (non-hydrogen) atoms. The summed E-state index contributed by atoms with van der Waals surface area (Å²) in [5, 5.41) is 17.0. The summed E-state index contributed by atoms with van der Waals surface area (Å²) in [5.74, 6) is 1.32. The van der Waals surface area contributed by atoms with Crippen LogP contribution in [0.4, 0.5) is 4.39 Å². The van der Waals surface area contributed by atoms with E-state index in [0.29, 0.717) is 19.5 Å². The number of aromatic nitrogens is 3. The molecule has 1 saturated heterocycles. The average molecular weight is 290 g/mol. The second kappa shape index (κ2) is 5.91. The lowest BCUT2D eigenvalue weighted by Crippen LogP contribution is -2.25. The number of H-pyrrole nitrogens is 1. The Hall–Kier alpha value is -1.79. The molecule has 0 saturated carbocycles. The topological polar surface area (TPSA) is 65.0 Å². The number of benzene rings is 1. The molecule has 3 rings (SSSR count). The van der Waals surface area contributed by atoms with Crippen molar-refractivity contribution in [1.29, 1.82) is 0 Å². The van der Waals surface area contributed by atoms with E-state index in [0.717, 1.165) is 23.6 Å². The van der Waals surface area contributed by atoms with Gasteiger partial charge in [0, 0.05) is 19.0 Å². The molecule has 0 aliphatic carbocycles. The number of nitrogens with zero attached hydrogens (tertiary/aromatic N) is 3. The third-order valence-corrected chi connectivity index (χ3v) is 3.86. The van der Waals surface area contributed by atoms with Crippen molar-refractivity contribution >= 4 is 0 Å². The number of hydrogen-bond donors (Lipinski definition) is 2. The Bertz CT molecular complexity index is 615. The summed E-state index contributed by atoms with van der Waals surface area (Å²) in [6.45, 7) is 3.14. The first-order chi connectivity index (χ1) is 10.2. The van der Waals surface area contributed by atoms with E-state index in [1.807, 2.05) is 13.0 Å². The molecular weight excluding hydrogens is 271 g/mol. The predicted octanol–water partition coefficient (Wildman–Crippen LogP) is 1.81. The van der Waals surface area contributed by atoms with Crippen LogP contribution < -0.4 is 0 Å². The zero-order valence-corrected chi connectivity index (χ0v) is 12.0. The highest BCUT2D eigenvalue weighted by atomic mass is 19.1. The Morgan fingerprint density at radius 1 is 1.48 bits per heavy atom. The molecule has 2 aromatic rings. The Morgan fingerprint density at radius 3 is 3.05 bits per heavy atom. The van der Waals surface area contributed by atoms with Crippen LogP contribution in [0.15, 0.2) is 24.3 Å². The number of aliphatic hydroxyl groups is 1. The van der Waals surface area contributed by atoms with Crippen molar-refractivity contribution in [3.05, 3.63) is 47.3 Å². The highest BCUT2D eigenvalue weighted by Crippen LogP contribution is 2.33. The summed E-state index contributed by atoms with van der Waals surface area (Å²) in [7, 11) is 0. The third-order valence-electron chi connectivity index (χ3n) is 3.86. The molecule has 0 spiro atoms. The number of β-amino-alcohol motifs (C(OH)–C–C–N with tert-alkyl or cyclic N) is 1. The SMILES string of the molecule is CCc1n[nH]c(CN2C[C@@H](O)C[C@@H]2c2cccc(F)c2)n1. The monoisotopic (exact) mass is 290 g/mol. The molecule has 2 N–H and O–H groups in total. The van der Waals surface area contributed by atoms with Crippen molar-refractivity contribution in [2.45, 2.75) is 38.5 Å². The first-order valence-corrected chi connectivity index (χ1v) is 7.23. The number of aryl methyl sites for hydroxylation is 1. The Morgan fingerprint density at radius 2 is 2.33 bits per heavy atom. The zero-order valence-electron chi connectivity index (χ0n) is 12.0. The number of rotatable bonds is 4. The second-order valence-corrected chi connectivity index (χ2v) is 5.44. The van der Waals surface area contributed by atoms with Crippen molar-refractivity contribution < 1.29 is 9.50 Å². The number of likely N-dealkylation sites (tertiary alicyclic amines) is 1. The van der Waals surface area contributed by atoms with E-state index >= 15 is 0 Å². The lowest BCUT2D eigenvalue weighted by Gasteiger charge is -2.23. The summed E-state index contributed by atoms with van der Waals surface area (Å²) < 4.78 is 13.4. The van der Waals surface area contributed by atoms with Crippen LogP contribution in [0.25, 0.3) is 0 Å². The molecule has 1 aromatic carbocycles. The van der Waals surface area contributed by atoms with Crippen LogP contribution in [0.1, 0.15) is 36.6 Å². The lowest BCUT2D eigenvalue weighted by atomic mass is 10.0. The fourth-order valence-electron chi connectivity index (χ4n) is 2.87. The third kappa shape index (κ3) is 3.11. The standard InChI is InChI=1S/C15H19FN4O/c1-2-14-17-15(19-18-14)9-20-8-12(21)7-13(20)10-4-3-5-11(16)6-10/h3-6,12-13,21H,2,7-9H2,1H3,(H,17,18,19)/t12-,13+/m0/s1. The van der Waals surface area contributed by atoms with Gasteiger partial charge in [0.15, 0.2) is 0 Å². The molecule has 0 unspecified atom stereocenters. The number of aromatic amines is 1. The van der Waals surface area contributed by atoms with Crippen LogP contribution in [0.5, 0.6) is 0 Å². The predicted molar refractivity (Wildman–Crippen MR) is 75.9 cm³/mol. The van der Waals surface area contributed by atoms with Crippen molar-refractivity contribution in [3.8, 4) is 0 Å². The summed E-state index contributed by atoms with van der Waals surface area (Å²) in [4.78, 5) is 6.51. The summed E-state index contributed by atoms with van der Waals surface area (Å²) in [5.41, 5.74) is 0.891. The number of aliphatic hydroxyl groups excluding tert-OH is 1. The molecule has 2 heterocycles. The Kier molecular flexibility index (Phi) is 3.98. The van der Waals surface area contributed by atoms with Gasteiger partial charge in [0.25, 0.3) is 0 Å². The maximum absolute atomic E-state index is 13.4. The number of hydrogen-bond acceptors (Lipinski definition) is 4. The van der Waals surface area contributed by atoms with Crippen LogP contribution in [0.3, 0.4) is 0 Å². The van der Waals surface area contributed by atoms with Gasteiger partial charge in [-0.15, -0.1) is 0 Å². The first-order valence-electron chi connectivity index (χ1n) is 7.23. The number of nitrogens with one attached hydrogen (secondary N) is 1. The van der Waals surface area contributed by atoms with E-state index in [4.69, 9.17) is 0 Å². The van der Waals surface area contributed by atoms with Gasteiger partial charge in [0.1, 0.15) is 17.5 Å². The fourth-order valence-corrected chi connectivity index (χ4v) is 2.87. The van der Waals surface area contributed by atoms with E-state index in [-0.39, 0.29) is 11.9 Å². The minimum absolute atomic E-state index is 0.00544. The average Bonchev–Trinajstić information content (AvgIpc) is 3.06. The second-order valence-electron chi connectivity index (χ2n) is 5.44.